The molecular formula is C26H29N7. The molecule has 4 aromatic rings. The predicted octanol–water partition coefficient (Wildman–Crippen LogP) is 4.84. The van der Waals surface area contributed by atoms with Crippen LogP contribution in [0.25, 0.3) is 22.3 Å². The van der Waals surface area contributed by atoms with Crippen molar-refractivity contribution in [2.45, 2.75) is 45.6 Å². The topological polar surface area (TPSA) is 73.8 Å². The number of piperidine rings is 1. The molecule has 5 heterocycles. The normalized spacial score (nSPS) is 18.5. The summed E-state index contributed by atoms with van der Waals surface area (Å²) in [4.78, 5) is 17.8. The van der Waals surface area contributed by atoms with Crippen LogP contribution in [-0.2, 0) is 6.42 Å². The first-order valence-corrected chi connectivity index (χ1v) is 12.0. The molecule has 33 heavy (non-hydrogen) atoms. The highest BCUT2D eigenvalue weighted by molar-refractivity contribution is 5.86. The zero-order valence-electron chi connectivity index (χ0n) is 19.3. The van der Waals surface area contributed by atoms with Crippen LogP contribution >= 0.6 is 0 Å². The van der Waals surface area contributed by atoms with Gasteiger partial charge in [-0.25, -0.2) is 9.97 Å². The second-order valence-corrected chi connectivity index (χ2v) is 9.23. The van der Waals surface area contributed by atoms with Gasteiger partial charge in [-0.05, 0) is 44.7 Å². The number of nitrogens with one attached hydrogen (secondary N) is 1. The Hall–Kier alpha value is -3.48. The van der Waals surface area contributed by atoms with E-state index < -0.39 is 0 Å². The molecule has 0 radical (unpaired) electrons. The number of aromatic nitrogens is 5. The van der Waals surface area contributed by atoms with Crippen LogP contribution in [0.4, 0.5) is 11.6 Å². The van der Waals surface area contributed by atoms with Gasteiger partial charge in [0.25, 0.3) is 0 Å². The van der Waals surface area contributed by atoms with Crippen LogP contribution in [0.5, 0.6) is 0 Å². The van der Waals surface area contributed by atoms with E-state index in [1.165, 1.54) is 36.1 Å². The van der Waals surface area contributed by atoms with Gasteiger partial charge in [0.2, 0.25) is 5.95 Å². The molecule has 1 saturated heterocycles. The zero-order chi connectivity index (χ0) is 22.4. The Labute approximate surface area is 193 Å². The van der Waals surface area contributed by atoms with Crippen LogP contribution in [0.15, 0.2) is 42.7 Å². The Bertz CT molecular complexity index is 1290. The Morgan fingerprint density at radius 3 is 2.55 bits per heavy atom. The summed E-state index contributed by atoms with van der Waals surface area (Å²) in [6.45, 7) is 7.43. The summed E-state index contributed by atoms with van der Waals surface area (Å²) in [7, 11) is 0. The number of fused-ring (bicyclic) bond motifs is 3. The zero-order valence-corrected chi connectivity index (χ0v) is 19.3. The van der Waals surface area contributed by atoms with Crippen molar-refractivity contribution in [2.24, 2.45) is 0 Å². The largest absolute Gasteiger partial charge is 0.369 e. The van der Waals surface area contributed by atoms with Crippen molar-refractivity contribution in [3.63, 3.8) is 0 Å². The molecule has 0 saturated carbocycles. The molecule has 1 N–H and O–H groups in total. The lowest BCUT2D eigenvalue weighted by Gasteiger charge is -2.34. The maximum atomic E-state index is 4.78. The van der Waals surface area contributed by atoms with Crippen LogP contribution in [-0.4, -0.2) is 44.8 Å². The summed E-state index contributed by atoms with van der Waals surface area (Å²) in [5, 5.41) is 10.2. The number of aromatic amines is 1. The number of hydrogen-bond acceptors (Lipinski definition) is 6. The van der Waals surface area contributed by atoms with Gasteiger partial charge in [-0.2, -0.15) is 0 Å². The lowest BCUT2D eigenvalue weighted by molar-refractivity contribution is 0.575. The molecule has 3 aromatic heterocycles. The minimum absolute atomic E-state index is 0.150. The van der Waals surface area contributed by atoms with E-state index >= 15 is 0 Å². The monoisotopic (exact) mass is 439 g/mol. The predicted molar refractivity (Wildman–Crippen MR) is 132 cm³/mol. The fourth-order valence-electron chi connectivity index (χ4n) is 5.36. The standard InChI is InChI=1S/C26H29N7/c1-17-8-4-5-9-20(17)23-14-21-24-18(2)33(13-10-22(24)29-25(21)31-30-23)26-27-15-19(16-28-26)32-11-6-3-7-12-32/h4-5,8-9,14-16,18H,3,6-7,10-13H2,1-2H3,(H,29,31)/t18-/m0/s1. The average molecular weight is 440 g/mol. The smallest absolute Gasteiger partial charge is 0.225 e. The molecule has 0 amide bonds. The summed E-state index contributed by atoms with van der Waals surface area (Å²) < 4.78 is 0. The number of H-pyrrole nitrogens is 1. The van der Waals surface area contributed by atoms with Gasteiger partial charge < -0.3 is 14.8 Å². The van der Waals surface area contributed by atoms with Crippen molar-refractivity contribution in [1.29, 1.82) is 0 Å². The molecule has 0 aliphatic carbocycles. The lowest BCUT2D eigenvalue weighted by Crippen LogP contribution is -2.35. The fraction of sp³-hybridized carbons (Fsp3) is 0.385. The second-order valence-electron chi connectivity index (χ2n) is 9.23. The van der Waals surface area contributed by atoms with Gasteiger partial charge in [0.1, 0.15) is 0 Å². The number of nitrogens with zero attached hydrogens (tertiary/aromatic N) is 6. The van der Waals surface area contributed by atoms with E-state index in [2.05, 4.69) is 69.2 Å². The average Bonchev–Trinajstić information content (AvgIpc) is 3.24. The SMILES string of the molecule is Cc1ccccc1-c1cc2c3c([nH]c2nn1)CCN(c1ncc(N2CCCCC2)cn1)[C@H]3C. The molecule has 1 fully saturated rings. The lowest BCUT2D eigenvalue weighted by atomic mass is 9.97. The van der Waals surface area contributed by atoms with Crippen molar-refractivity contribution < 1.29 is 0 Å². The van der Waals surface area contributed by atoms with Gasteiger partial charge in [0, 0.05) is 48.3 Å². The van der Waals surface area contributed by atoms with Crippen molar-refractivity contribution in [3.8, 4) is 11.3 Å². The molecule has 168 valence electrons. The highest BCUT2D eigenvalue weighted by Crippen LogP contribution is 2.37. The first-order chi connectivity index (χ1) is 16.2. The molecule has 1 atom stereocenters. The highest BCUT2D eigenvalue weighted by atomic mass is 15.3. The highest BCUT2D eigenvalue weighted by Gasteiger charge is 2.30. The first kappa shape index (κ1) is 20.1. The van der Waals surface area contributed by atoms with E-state index in [-0.39, 0.29) is 6.04 Å². The second kappa shape index (κ2) is 8.14. The van der Waals surface area contributed by atoms with Gasteiger partial charge >= 0.3 is 0 Å². The minimum Gasteiger partial charge on any atom is -0.369 e. The molecule has 1 aromatic carbocycles. The van der Waals surface area contributed by atoms with Crippen LogP contribution in [0.2, 0.25) is 0 Å². The maximum Gasteiger partial charge on any atom is 0.225 e. The van der Waals surface area contributed by atoms with Crippen molar-refractivity contribution >= 4 is 22.7 Å². The third-order valence-corrected chi connectivity index (χ3v) is 7.19. The summed E-state index contributed by atoms with van der Waals surface area (Å²) in [5.74, 6) is 0.796. The van der Waals surface area contributed by atoms with E-state index in [0.29, 0.717) is 0 Å². The van der Waals surface area contributed by atoms with E-state index in [1.807, 2.05) is 12.4 Å². The number of rotatable bonds is 3. The summed E-state index contributed by atoms with van der Waals surface area (Å²) in [5.41, 5.74) is 7.75. The van der Waals surface area contributed by atoms with Gasteiger partial charge in [-0.3, -0.25) is 0 Å². The van der Waals surface area contributed by atoms with Gasteiger partial charge in [0.15, 0.2) is 5.65 Å². The van der Waals surface area contributed by atoms with E-state index in [9.17, 15) is 0 Å². The summed E-state index contributed by atoms with van der Waals surface area (Å²) >= 11 is 0. The van der Waals surface area contributed by atoms with Crippen LogP contribution < -0.4 is 9.80 Å². The molecule has 6 rings (SSSR count). The molecule has 2 aliphatic heterocycles. The van der Waals surface area contributed by atoms with Crippen LogP contribution in [0.1, 0.15) is 49.0 Å². The maximum absolute atomic E-state index is 4.78. The van der Waals surface area contributed by atoms with Gasteiger partial charge in [-0.1, -0.05) is 24.3 Å². The van der Waals surface area contributed by atoms with Crippen molar-refractivity contribution in [1.82, 2.24) is 25.1 Å². The minimum atomic E-state index is 0.150. The number of benzene rings is 1. The van der Waals surface area contributed by atoms with Crippen LogP contribution in [0.3, 0.4) is 0 Å². The van der Waals surface area contributed by atoms with Crippen molar-refractivity contribution in [3.05, 3.63) is 59.5 Å². The van der Waals surface area contributed by atoms with Gasteiger partial charge in [0.05, 0.1) is 29.8 Å². The molecule has 0 spiro atoms. The molecular weight excluding hydrogens is 410 g/mol. The molecule has 7 heteroatoms. The van der Waals surface area contributed by atoms with E-state index in [0.717, 1.165) is 60.0 Å². The Kier molecular flexibility index (Phi) is 4.97. The molecule has 7 nitrogen and oxygen atoms in total. The van der Waals surface area contributed by atoms with Crippen LogP contribution in [0, 0.1) is 6.92 Å². The third kappa shape index (κ3) is 3.52. The Morgan fingerprint density at radius 2 is 1.76 bits per heavy atom. The van der Waals surface area contributed by atoms with Gasteiger partial charge in [-0.15, -0.1) is 10.2 Å². The molecule has 2 aliphatic rings. The number of hydrogen-bond donors (Lipinski definition) is 1. The quantitative estimate of drug-likeness (QED) is 0.493. The first-order valence-electron chi connectivity index (χ1n) is 12.0. The number of anilines is 2. The van der Waals surface area contributed by atoms with E-state index in [4.69, 9.17) is 9.97 Å². The van der Waals surface area contributed by atoms with Crippen molar-refractivity contribution in [2.75, 3.05) is 29.4 Å². The number of aryl methyl sites for hydroxylation is 1. The fourth-order valence-corrected chi connectivity index (χ4v) is 5.36. The Morgan fingerprint density at radius 1 is 0.970 bits per heavy atom. The summed E-state index contributed by atoms with van der Waals surface area (Å²) in [6.07, 6.45) is 8.72. The third-order valence-electron chi connectivity index (χ3n) is 7.19. The Balaban J connectivity index is 1.33. The van der Waals surface area contributed by atoms with E-state index in [1.54, 1.807) is 0 Å². The molecule has 0 bridgehead atoms. The summed E-state index contributed by atoms with van der Waals surface area (Å²) in [6, 6.07) is 10.7. The molecule has 0 unspecified atom stereocenters.